The van der Waals surface area contributed by atoms with Crippen LogP contribution in [0.5, 0.6) is 11.5 Å². The van der Waals surface area contributed by atoms with E-state index in [9.17, 15) is 13.2 Å². The van der Waals surface area contributed by atoms with Gasteiger partial charge in [-0.25, -0.2) is 13.4 Å². The minimum absolute atomic E-state index is 0.0281. The zero-order chi connectivity index (χ0) is 23.7. The fourth-order valence-corrected chi connectivity index (χ4v) is 5.17. The summed E-state index contributed by atoms with van der Waals surface area (Å²) < 4.78 is 55.2. The maximum atomic E-state index is 15.9. The molecule has 0 aliphatic carbocycles. The van der Waals surface area contributed by atoms with Crippen molar-refractivity contribution in [2.24, 2.45) is 0 Å². The Morgan fingerprint density at radius 1 is 1.03 bits per heavy atom. The van der Waals surface area contributed by atoms with Gasteiger partial charge < -0.3 is 9.47 Å². The maximum Gasteiger partial charge on any atom is 0.326 e. The summed E-state index contributed by atoms with van der Waals surface area (Å²) in [5, 5.41) is 0.702. The molecule has 178 valence electrons. The summed E-state index contributed by atoms with van der Waals surface area (Å²) in [7, 11) is -4.24. The fourth-order valence-electron chi connectivity index (χ4n) is 4.01. The van der Waals surface area contributed by atoms with Crippen molar-refractivity contribution in [2.75, 3.05) is 37.1 Å². The van der Waals surface area contributed by atoms with Crippen molar-refractivity contribution >= 4 is 32.6 Å². The molecule has 0 unspecified atom stereocenters. The molecule has 0 atom stereocenters. The summed E-state index contributed by atoms with van der Waals surface area (Å²) in [5.74, 6) is -1.03. The number of nitrogens with zero attached hydrogens (tertiary/aromatic N) is 2. The van der Waals surface area contributed by atoms with Crippen molar-refractivity contribution in [1.82, 2.24) is 9.62 Å². The molecule has 8 nitrogen and oxygen atoms in total. The normalized spacial score (nSPS) is 17.4. The zero-order valence-corrected chi connectivity index (χ0v) is 19.2. The van der Waals surface area contributed by atoms with E-state index in [0.29, 0.717) is 22.0 Å². The molecule has 5 rings (SSSR count). The van der Waals surface area contributed by atoms with Crippen molar-refractivity contribution in [3.05, 3.63) is 66.0 Å². The van der Waals surface area contributed by atoms with Crippen LogP contribution in [0.15, 0.2) is 54.6 Å². The van der Waals surface area contributed by atoms with Crippen molar-refractivity contribution in [2.45, 2.75) is 13.0 Å². The number of fused-ring (bicyclic) bond motifs is 1. The van der Waals surface area contributed by atoms with E-state index in [1.165, 1.54) is 6.42 Å². The molecule has 0 aromatic heterocycles. The molecule has 2 heterocycles. The van der Waals surface area contributed by atoms with Crippen LogP contribution < -0.4 is 18.5 Å². The number of carbonyl (C=O) groups is 1. The largest absolute Gasteiger partial charge is 0.492 e. The van der Waals surface area contributed by atoms with E-state index in [2.05, 4.69) is 4.90 Å². The number of carbonyl (C=O) groups excluding carboxylic acids is 1. The van der Waals surface area contributed by atoms with Crippen LogP contribution in [0.3, 0.4) is 0 Å². The first-order valence-electron chi connectivity index (χ1n) is 11.0. The van der Waals surface area contributed by atoms with Gasteiger partial charge in [0.15, 0.2) is 5.82 Å². The second kappa shape index (κ2) is 9.11. The third kappa shape index (κ3) is 4.51. The lowest BCUT2D eigenvalue weighted by Gasteiger charge is -2.30. The van der Waals surface area contributed by atoms with Crippen LogP contribution in [-0.2, 0) is 21.6 Å². The summed E-state index contributed by atoms with van der Waals surface area (Å²) in [4.78, 5) is 14.1. The molecule has 0 bridgehead atoms. The molecule has 2 fully saturated rings. The molecule has 0 radical (unpaired) electrons. The Morgan fingerprint density at radius 3 is 2.50 bits per heavy atom. The predicted octanol–water partition coefficient (Wildman–Crippen LogP) is 2.82. The third-order valence-corrected chi connectivity index (χ3v) is 7.30. The van der Waals surface area contributed by atoms with Gasteiger partial charge in [-0.2, -0.15) is 8.42 Å². The maximum absolute atomic E-state index is 15.9. The Balaban J connectivity index is 1.51. The van der Waals surface area contributed by atoms with Crippen molar-refractivity contribution in [3.63, 3.8) is 0 Å². The van der Waals surface area contributed by atoms with Crippen LogP contribution >= 0.6 is 0 Å². The average molecular weight is 486 g/mol. The second-order valence-electron chi connectivity index (χ2n) is 8.28. The van der Waals surface area contributed by atoms with Gasteiger partial charge in [-0.05, 0) is 48.7 Å². The summed E-state index contributed by atoms with van der Waals surface area (Å²) in [6.45, 7) is 2.95. The highest BCUT2D eigenvalue weighted by molar-refractivity contribution is 7.92. The van der Waals surface area contributed by atoms with Gasteiger partial charge >= 0.3 is 10.2 Å². The highest BCUT2D eigenvalue weighted by Crippen LogP contribution is 2.40. The number of rotatable bonds is 8. The topological polar surface area (TPSA) is 88.2 Å². The SMILES string of the molecule is O=C1CN(c2c(OCc3ccccc3)cc3ccc(OCCN4CCC4)cc3c2F)S(=O)(=O)N1. The molecular formula is C24H24FN3O5S. The Morgan fingerprint density at radius 2 is 1.82 bits per heavy atom. The van der Waals surface area contributed by atoms with E-state index in [-0.39, 0.29) is 23.4 Å². The van der Waals surface area contributed by atoms with E-state index in [0.717, 1.165) is 25.2 Å². The van der Waals surface area contributed by atoms with E-state index in [1.807, 2.05) is 35.1 Å². The van der Waals surface area contributed by atoms with E-state index < -0.39 is 28.5 Å². The van der Waals surface area contributed by atoms with Crippen molar-refractivity contribution < 1.29 is 27.1 Å². The van der Waals surface area contributed by atoms with Crippen molar-refractivity contribution in [3.8, 4) is 11.5 Å². The van der Waals surface area contributed by atoms with E-state index in [4.69, 9.17) is 9.47 Å². The van der Waals surface area contributed by atoms with Crippen LogP contribution in [0.1, 0.15) is 12.0 Å². The number of nitrogens with one attached hydrogen (secondary N) is 1. The van der Waals surface area contributed by atoms with Crippen LogP contribution in [0.4, 0.5) is 10.1 Å². The first-order chi connectivity index (χ1) is 16.4. The molecule has 3 aromatic carbocycles. The standard InChI is InChI=1S/C24H24FN3O5S/c25-23-20-14-19(32-12-11-27-9-4-10-27)8-7-18(20)13-21(33-16-17-5-2-1-3-6-17)24(23)28-15-22(29)26-34(28,30)31/h1-3,5-8,13-14H,4,9-12,15-16H2,(H,26,29). The lowest BCUT2D eigenvalue weighted by Crippen LogP contribution is -2.39. The molecule has 2 saturated heterocycles. The van der Waals surface area contributed by atoms with Gasteiger partial charge in [0.25, 0.3) is 5.91 Å². The van der Waals surface area contributed by atoms with Gasteiger partial charge in [0.05, 0.1) is 0 Å². The number of hydrogen-bond acceptors (Lipinski definition) is 6. The molecule has 2 aliphatic rings. The van der Waals surface area contributed by atoms with Gasteiger partial charge in [0, 0.05) is 11.9 Å². The van der Waals surface area contributed by atoms with Gasteiger partial charge in [-0.1, -0.05) is 36.4 Å². The van der Waals surface area contributed by atoms with E-state index in [1.54, 1.807) is 24.3 Å². The third-order valence-electron chi connectivity index (χ3n) is 5.92. The summed E-state index contributed by atoms with van der Waals surface area (Å²) in [6, 6.07) is 15.8. The van der Waals surface area contributed by atoms with Gasteiger partial charge in [0.1, 0.15) is 36.9 Å². The molecule has 10 heteroatoms. The first-order valence-corrected chi connectivity index (χ1v) is 12.5. The molecule has 1 N–H and O–H groups in total. The molecule has 2 aliphatic heterocycles. The summed E-state index contributed by atoms with van der Waals surface area (Å²) in [6.07, 6.45) is 1.19. The number of amides is 1. The lowest BCUT2D eigenvalue weighted by molar-refractivity contribution is -0.117. The average Bonchev–Trinajstić information content (AvgIpc) is 3.06. The first kappa shape index (κ1) is 22.4. The van der Waals surface area contributed by atoms with Crippen LogP contribution in [0.2, 0.25) is 0 Å². The quantitative estimate of drug-likeness (QED) is 0.528. The Kier molecular flexibility index (Phi) is 6.01. The Labute approximate surface area is 197 Å². The molecule has 0 saturated carbocycles. The number of hydrogen-bond donors (Lipinski definition) is 1. The smallest absolute Gasteiger partial charge is 0.326 e. The number of ether oxygens (including phenoxy) is 2. The molecule has 1 amide bonds. The molecular weight excluding hydrogens is 461 g/mol. The minimum atomic E-state index is -4.24. The highest BCUT2D eigenvalue weighted by atomic mass is 32.2. The minimum Gasteiger partial charge on any atom is -0.492 e. The van der Waals surface area contributed by atoms with Crippen LogP contribution in [0.25, 0.3) is 10.8 Å². The second-order valence-corrected chi connectivity index (χ2v) is 9.87. The lowest BCUT2D eigenvalue weighted by atomic mass is 10.1. The van der Waals surface area contributed by atoms with Gasteiger partial charge in [0.2, 0.25) is 0 Å². The number of benzene rings is 3. The highest BCUT2D eigenvalue weighted by Gasteiger charge is 2.38. The Hall–Kier alpha value is -3.37. The summed E-state index contributed by atoms with van der Waals surface area (Å²) >= 11 is 0. The van der Waals surface area contributed by atoms with Crippen molar-refractivity contribution in [1.29, 1.82) is 0 Å². The summed E-state index contributed by atoms with van der Waals surface area (Å²) in [5.41, 5.74) is 0.526. The van der Waals surface area contributed by atoms with Gasteiger partial charge in [-0.15, -0.1) is 0 Å². The van der Waals surface area contributed by atoms with Crippen LogP contribution in [-0.4, -0.2) is 52.0 Å². The van der Waals surface area contributed by atoms with Crippen LogP contribution in [0, 0.1) is 5.82 Å². The predicted molar refractivity (Wildman–Crippen MR) is 126 cm³/mol. The molecule has 0 spiro atoms. The Bertz CT molecular complexity index is 1330. The monoisotopic (exact) mass is 485 g/mol. The zero-order valence-electron chi connectivity index (χ0n) is 18.4. The number of anilines is 1. The fraction of sp³-hybridized carbons (Fsp3) is 0.292. The molecule has 34 heavy (non-hydrogen) atoms. The molecule has 3 aromatic rings. The number of likely N-dealkylation sites (tertiary alicyclic amines) is 1. The number of halogens is 1. The van der Waals surface area contributed by atoms with Gasteiger partial charge in [-0.3, -0.25) is 9.69 Å². The van der Waals surface area contributed by atoms with E-state index >= 15 is 4.39 Å².